The molecule has 0 spiro atoms. The highest BCUT2D eigenvalue weighted by molar-refractivity contribution is 14.0. The van der Waals surface area contributed by atoms with E-state index in [9.17, 15) is 4.79 Å². The van der Waals surface area contributed by atoms with Gasteiger partial charge in [-0.25, -0.2) is 0 Å². The molecule has 3 rings (SSSR count). The monoisotopic (exact) mass is 476 g/mol. The van der Waals surface area contributed by atoms with Crippen molar-refractivity contribution in [2.45, 2.75) is 39.7 Å². The van der Waals surface area contributed by atoms with Crippen LogP contribution in [0.1, 0.15) is 37.1 Å². The molecule has 3 heterocycles. The summed E-state index contributed by atoms with van der Waals surface area (Å²) in [7, 11) is 1.82. The van der Waals surface area contributed by atoms with Crippen LogP contribution in [0.3, 0.4) is 0 Å². The van der Waals surface area contributed by atoms with E-state index in [1.165, 1.54) is 16.9 Å². The third-order valence-electron chi connectivity index (χ3n) is 4.97. The number of rotatable bonds is 3. The van der Waals surface area contributed by atoms with Crippen LogP contribution in [0.4, 0.5) is 0 Å². The van der Waals surface area contributed by atoms with Gasteiger partial charge >= 0.3 is 0 Å². The molecule has 1 fully saturated rings. The molecule has 2 aliphatic heterocycles. The van der Waals surface area contributed by atoms with E-state index in [1.807, 2.05) is 11.9 Å². The predicted octanol–water partition coefficient (Wildman–Crippen LogP) is 2.95. The van der Waals surface area contributed by atoms with E-state index in [4.69, 9.17) is 0 Å². The van der Waals surface area contributed by atoms with E-state index in [-0.39, 0.29) is 29.9 Å². The number of aliphatic imine (C=N–C) groups is 1. The summed E-state index contributed by atoms with van der Waals surface area (Å²) in [5, 5.41) is 5.49. The third kappa shape index (κ3) is 5.09. The average molecular weight is 476 g/mol. The summed E-state index contributed by atoms with van der Waals surface area (Å²) < 4.78 is 0. The Bertz CT molecular complexity index is 628. The summed E-state index contributed by atoms with van der Waals surface area (Å²) in [5.74, 6) is 1.16. The van der Waals surface area contributed by atoms with Crippen molar-refractivity contribution in [1.82, 2.24) is 15.1 Å². The Hall–Kier alpha value is -0.830. The highest BCUT2D eigenvalue weighted by Gasteiger charge is 2.31. The number of guanidine groups is 1. The van der Waals surface area contributed by atoms with Crippen LogP contribution >= 0.6 is 35.3 Å². The minimum absolute atomic E-state index is 0. The molecule has 0 radical (unpaired) electrons. The second-order valence-corrected chi connectivity index (χ2v) is 8.49. The van der Waals surface area contributed by atoms with E-state index in [0.717, 1.165) is 38.6 Å². The van der Waals surface area contributed by atoms with Gasteiger partial charge in [0.1, 0.15) is 0 Å². The van der Waals surface area contributed by atoms with Crippen molar-refractivity contribution in [3.05, 3.63) is 21.9 Å². The van der Waals surface area contributed by atoms with Gasteiger partial charge in [-0.3, -0.25) is 9.79 Å². The fourth-order valence-corrected chi connectivity index (χ4v) is 4.42. The highest BCUT2D eigenvalue weighted by Crippen LogP contribution is 2.28. The van der Waals surface area contributed by atoms with E-state index < -0.39 is 0 Å². The lowest BCUT2D eigenvalue weighted by Gasteiger charge is -2.28. The molecule has 1 saturated heterocycles. The van der Waals surface area contributed by atoms with Crippen LogP contribution in [0.25, 0.3) is 0 Å². The second kappa shape index (κ2) is 8.70. The number of carbonyl (C=O) groups is 1. The zero-order chi connectivity index (χ0) is 17.2. The first kappa shape index (κ1) is 20.5. The fourth-order valence-electron chi connectivity index (χ4n) is 3.53. The quantitative estimate of drug-likeness (QED) is 0.415. The maximum Gasteiger partial charge on any atom is 0.224 e. The Morgan fingerprint density at radius 3 is 2.84 bits per heavy atom. The third-order valence-corrected chi connectivity index (χ3v) is 5.99. The van der Waals surface area contributed by atoms with Crippen molar-refractivity contribution in [3.8, 4) is 0 Å². The molecule has 1 aromatic heterocycles. The van der Waals surface area contributed by atoms with Gasteiger partial charge < -0.3 is 15.1 Å². The number of nitrogens with zero attached hydrogens (tertiary/aromatic N) is 3. The number of likely N-dealkylation sites (tertiary alicyclic amines) is 1. The first-order chi connectivity index (χ1) is 11.5. The van der Waals surface area contributed by atoms with Gasteiger partial charge in [0.15, 0.2) is 5.96 Å². The lowest BCUT2D eigenvalue weighted by Crippen LogP contribution is -2.43. The number of thiophene rings is 1. The molecule has 0 unspecified atom stereocenters. The number of nitrogens with one attached hydrogen (secondary N) is 1. The van der Waals surface area contributed by atoms with Crippen molar-refractivity contribution < 1.29 is 4.79 Å². The van der Waals surface area contributed by atoms with Crippen LogP contribution in [-0.4, -0.2) is 54.9 Å². The molecule has 140 valence electrons. The van der Waals surface area contributed by atoms with Gasteiger partial charge in [0, 0.05) is 51.1 Å². The first-order valence-electron chi connectivity index (χ1n) is 8.77. The first-order valence-corrected chi connectivity index (χ1v) is 9.65. The molecular weight excluding hydrogens is 447 g/mol. The minimum atomic E-state index is 0. The molecule has 0 atom stereocenters. The molecule has 1 N–H and O–H groups in total. The Labute approximate surface area is 171 Å². The average Bonchev–Trinajstić information content (AvgIpc) is 3.16. The lowest BCUT2D eigenvalue weighted by molar-refractivity contribution is -0.131. The van der Waals surface area contributed by atoms with E-state index in [0.29, 0.717) is 18.4 Å². The van der Waals surface area contributed by atoms with Crippen LogP contribution in [0, 0.1) is 5.41 Å². The van der Waals surface area contributed by atoms with Gasteiger partial charge in [-0.2, -0.15) is 0 Å². The highest BCUT2D eigenvalue weighted by atomic mass is 127. The minimum Gasteiger partial charge on any atom is -0.356 e. The Morgan fingerprint density at radius 2 is 2.16 bits per heavy atom. The van der Waals surface area contributed by atoms with E-state index in [1.54, 1.807) is 11.3 Å². The van der Waals surface area contributed by atoms with Gasteiger partial charge in [-0.15, -0.1) is 35.3 Å². The molecule has 25 heavy (non-hydrogen) atoms. The standard InChI is InChI=1S/C18H28N4OS.HI/c1-18(2)7-10-22(13-18)17(19-3)20-8-4-16(23)21-9-5-15-14(12-21)6-11-24-15;/h6,11H,4-5,7-10,12-13H2,1-3H3,(H,19,20);1H. The number of fused-ring (bicyclic) bond motifs is 1. The van der Waals surface area contributed by atoms with Crippen LogP contribution in [0.2, 0.25) is 0 Å². The molecular formula is C18H29IN4OS. The van der Waals surface area contributed by atoms with Gasteiger partial charge in [0.05, 0.1) is 0 Å². The van der Waals surface area contributed by atoms with Gasteiger partial charge in [0.25, 0.3) is 0 Å². The maximum atomic E-state index is 12.5. The van der Waals surface area contributed by atoms with Gasteiger partial charge in [0.2, 0.25) is 5.91 Å². The summed E-state index contributed by atoms with van der Waals surface area (Å²) in [4.78, 5) is 22.6. The van der Waals surface area contributed by atoms with E-state index in [2.05, 4.69) is 40.5 Å². The smallest absolute Gasteiger partial charge is 0.224 e. The second-order valence-electron chi connectivity index (χ2n) is 7.49. The van der Waals surface area contributed by atoms with Crippen molar-refractivity contribution in [2.24, 2.45) is 10.4 Å². The largest absolute Gasteiger partial charge is 0.356 e. The van der Waals surface area contributed by atoms with Crippen LogP contribution in [0.15, 0.2) is 16.4 Å². The Balaban J connectivity index is 0.00000225. The maximum absolute atomic E-state index is 12.5. The van der Waals surface area contributed by atoms with E-state index >= 15 is 0 Å². The molecule has 5 nitrogen and oxygen atoms in total. The van der Waals surface area contributed by atoms with Crippen molar-refractivity contribution in [2.75, 3.05) is 33.2 Å². The molecule has 2 aliphatic rings. The summed E-state index contributed by atoms with van der Waals surface area (Å²) in [5.41, 5.74) is 1.67. The fraction of sp³-hybridized carbons (Fsp3) is 0.667. The number of hydrogen-bond acceptors (Lipinski definition) is 3. The molecule has 0 bridgehead atoms. The summed E-state index contributed by atoms with van der Waals surface area (Å²) in [6.45, 7) is 8.91. The normalized spacial score (nSPS) is 19.4. The molecule has 1 aromatic rings. The van der Waals surface area contributed by atoms with Crippen LogP contribution < -0.4 is 5.32 Å². The SMILES string of the molecule is CN=C(NCCC(=O)N1CCc2sccc2C1)N1CCC(C)(C)C1.I. The molecule has 0 aromatic carbocycles. The zero-order valence-electron chi connectivity index (χ0n) is 15.4. The topological polar surface area (TPSA) is 47.9 Å². The number of halogens is 1. The number of amides is 1. The summed E-state index contributed by atoms with van der Waals surface area (Å²) in [6.07, 6.45) is 2.70. The van der Waals surface area contributed by atoms with Gasteiger partial charge in [-0.05, 0) is 35.3 Å². The van der Waals surface area contributed by atoms with Gasteiger partial charge in [-0.1, -0.05) is 13.8 Å². The van der Waals surface area contributed by atoms with Crippen LogP contribution in [-0.2, 0) is 17.8 Å². The number of hydrogen-bond donors (Lipinski definition) is 1. The molecule has 7 heteroatoms. The van der Waals surface area contributed by atoms with Crippen molar-refractivity contribution in [1.29, 1.82) is 0 Å². The molecule has 1 amide bonds. The molecule has 0 aliphatic carbocycles. The Kier molecular flexibility index (Phi) is 7.13. The lowest BCUT2D eigenvalue weighted by atomic mass is 9.93. The molecule has 0 saturated carbocycles. The summed E-state index contributed by atoms with van der Waals surface area (Å²) in [6, 6.07) is 2.15. The number of carbonyl (C=O) groups excluding carboxylic acids is 1. The predicted molar refractivity (Wildman–Crippen MR) is 115 cm³/mol. The summed E-state index contributed by atoms with van der Waals surface area (Å²) >= 11 is 1.81. The van der Waals surface area contributed by atoms with Crippen LogP contribution in [0.5, 0.6) is 0 Å². The van der Waals surface area contributed by atoms with Crippen molar-refractivity contribution in [3.63, 3.8) is 0 Å². The zero-order valence-corrected chi connectivity index (χ0v) is 18.5. The Morgan fingerprint density at radius 1 is 1.36 bits per heavy atom. The van der Waals surface area contributed by atoms with Crippen molar-refractivity contribution >= 4 is 47.2 Å².